The number of methoxy groups -OCH3 is 1. The summed E-state index contributed by atoms with van der Waals surface area (Å²) in [7, 11) is 1.50. The van der Waals surface area contributed by atoms with Crippen LogP contribution in [0.3, 0.4) is 0 Å². The van der Waals surface area contributed by atoms with Gasteiger partial charge in [0.1, 0.15) is 11.3 Å². The highest BCUT2D eigenvalue weighted by molar-refractivity contribution is 7.98. The molecule has 0 saturated heterocycles. The molecule has 0 atom stereocenters. The number of carbonyl (C=O) groups excluding carboxylic acids is 1. The minimum atomic E-state index is -0.598. The number of rotatable bonds is 5. The van der Waals surface area contributed by atoms with E-state index in [1.165, 1.54) is 31.0 Å². The summed E-state index contributed by atoms with van der Waals surface area (Å²) in [5, 5.41) is 14.0. The van der Waals surface area contributed by atoms with Crippen molar-refractivity contribution in [3.63, 3.8) is 0 Å². The summed E-state index contributed by atoms with van der Waals surface area (Å²) >= 11 is 7.46. The molecule has 1 N–H and O–H groups in total. The van der Waals surface area contributed by atoms with Gasteiger partial charge in [-0.25, -0.2) is 0 Å². The number of nitrogens with zero attached hydrogens (tertiary/aromatic N) is 1. The van der Waals surface area contributed by atoms with E-state index in [1.807, 2.05) is 6.26 Å². The Morgan fingerprint density at radius 3 is 2.61 bits per heavy atom. The molecule has 0 aromatic heterocycles. The van der Waals surface area contributed by atoms with E-state index >= 15 is 0 Å². The van der Waals surface area contributed by atoms with Crippen molar-refractivity contribution < 1.29 is 14.5 Å². The maximum atomic E-state index is 12.4. The number of nitro benzene ring substituents is 1. The maximum Gasteiger partial charge on any atom is 0.282 e. The van der Waals surface area contributed by atoms with Crippen molar-refractivity contribution >= 4 is 40.6 Å². The Kier molecular flexibility index (Phi) is 5.46. The lowest BCUT2D eigenvalue weighted by Crippen LogP contribution is -2.14. The number of hydrogen-bond donors (Lipinski definition) is 1. The van der Waals surface area contributed by atoms with Gasteiger partial charge in [-0.05, 0) is 30.5 Å². The van der Waals surface area contributed by atoms with Crippen LogP contribution in [-0.2, 0) is 0 Å². The van der Waals surface area contributed by atoms with Crippen LogP contribution >= 0.6 is 23.4 Å². The van der Waals surface area contributed by atoms with E-state index in [0.29, 0.717) is 11.4 Å². The van der Waals surface area contributed by atoms with Crippen LogP contribution in [0.2, 0.25) is 5.02 Å². The summed E-state index contributed by atoms with van der Waals surface area (Å²) in [4.78, 5) is 23.7. The molecule has 120 valence electrons. The van der Waals surface area contributed by atoms with Crippen molar-refractivity contribution in [1.82, 2.24) is 0 Å². The third kappa shape index (κ3) is 3.94. The van der Waals surface area contributed by atoms with Crippen molar-refractivity contribution in [1.29, 1.82) is 0 Å². The van der Waals surface area contributed by atoms with Crippen LogP contribution in [0.25, 0.3) is 0 Å². The van der Waals surface area contributed by atoms with Crippen LogP contribution in [0.15, 0.2) is 41.3 Å². The smallest absolute Gasteiger partial charge is 0.282 e. The molecule has 6 nitrogen and oxygen atoms in total. The van der Waals surface area contributed by atoms with Crippen molar-refractivity contribution in [2.45, 2.75) is 4.90 Å². The van der Waals surface area contributed by atoms with Gasteiger partial charge in [0.25, 0.3) is 11.6 Å². The molecule has 0 saturated carbocycles. The third-order valence-corrected chi connectivity index (χ3v) is 4.11. The van der Waals surface area contributed by atoms with Gasteiger partial charge in [0.15, 0.2) is 0 Å². The van der Waals surface area contributed by atoms with Gasteiger partial charge in [0.2, 0.25) is 0 Å². The summed E-state index contributed by atoms with van der Waals surface area (Å²) < 4.78 is 5.03. The zero-order valence-electron chi connectivity index (χ0n) is 12.3. The number of amides is 1. The van der Waals surface area contributed by atoms with Crippen LogP contribution in [0.5, 0.6) is 5.75 Å². The van der Waals surface area contributed by atoms with Gasteiger partial charge < -0.3 is 10.1 Å². The van der Waals surface area contributed by atoms with Crippen LogP contribution in [-0.4, -0.2) is 24.2 Å². The van der Waals surface area contributed by atoms with Gasteiger partial charge in [0.05, 0.1) is 22.7 Å². The highest BCUT2D eigenvalue weighted by atomic mass is 35.5. The minimum Gasteiger partial charge on any atom is -0.497 e. The first kappa shape index (κ1) is 17.1. The molecule has 0 aliphatic heterocycles. The Labute approximate surface area is 141 Å². The zero-order chi connectivity index (χ0) is 17.0. The summed E-state index contributed by atoms with van der Waals surface area (Å²) in [6.45, 7) is 0. The van der Waals surface area contributed by atoms with E-state index in [2.05, 4.69) is 5.32 Å². The number of halogens is 1. The van der Waals surface area contributed by atoms with Gasteiger partial charge in [-0.3, -0.25) is 14.9 Å². The fourth-order valence-corrected chi connectivity index (χ4v) is 2.55. The summed E-state index contributed by atoms with van der Waals surface area (Å²) in [6, 6.07) is 9.15. The number of carbonyl (C=O) groups is 1. The fraction of sp³-hybridized carbons (Fsp3) is 0.133. The SMILES string of the molecule is COc1ccc(NC(=O)c2cc(SC)ccc2[N+](=O)[O-])c(Cl)c1. The molecule has 1 amide bonds. The van der Waals surface area contributed by atoms with Gasteiger partial charge in [-0.15, -0.1) is 11.8 Å². The van der Waals surface area contributed by atoms with E-state index in [1.54, 1.807) is 24.3 Å². The summed E-state index contributed by atoms with van der Waals surface area (Å²) in [6.07, 6.45) is 1.82. The Morgan fingerprint density at radius 1 is 1.30 bits per heavy atom. The highest BCUT2D eigenvalue weighted by Crippen LogP contribution is 2.29. The summed E-state index contributed by atoms with van der Waals surface area (Å²) in [5.41, 5.74) is 0.0694. The molecule has 0 bridgehead atoms. The number of anilines is 1. The van der Waals surface area contributed by atoms with Crippen LogP contribution in [0.1, 0.15) is 10.4 Å². The monoisotopic (exact) mass is 352 g/mol. The quantitative estimate of drug-likeness (QED) is 0.494. The topological polar surface area (TPSA) is 81.5 Å². The Morgan fingerprint density at radius 2 is 2.04 bits per heavy atom. The number of nitrogens with one attached hydrogen (secondary N) is 1. The predicted octanol–water partition coefficient (Wildman–Crippen LogP) is 4.23. The first-order chi connectivity index (χ1) is 11.0. The molecule has 0 fully saturated rings. The third-order valence-electron chi connectivity index (χ3n) is 3.07. The van der Waals surface area contributed by atoms with Crippen LogP contribution < -0.4 is 10.1 Å². The standard InChI is InChI=1S/C15H13ClN2O4S/c1-22-9-3-5-13(12(16)7-9)17-15(19)11-8-10(23-2)4-6-14(11)18(20)21/h3-8H,1-2H3,(H,17,19). The lowest BCUT2D eigenvalue weighted by Gasteiger charge is -2.09. The molecule has 0 unspecified atom stereocenters. The second-order valence-corrected chi connectivity index (χ2v) is 5.73. The van der Waals surface area contributed by atoms with E-state index in [-0.39, 0.29) is 16.3 Å². The van der Waals surface area contributed by atoms with Crippen molar-refractivity contribution in [3.8, 4) is 5.75 Å². The molecule has 8 heteroatoms. The van der Waals surface area contributed by atoms with Crippen molar-refractivity contribution in [2.75, 3.05) is 18.7 Å². The van der Waals surface area contributed by atoms with Crippen LogP contribution in [0, 0.1) is 10.1 Å². The van der Waals surface area contributed by atoms with E-state index in [0.717, 1.165) is 4.90 Å². The zero-order valence-corrected chi connectivity index (χ0v) is 13.9. The van der Waals surface area contributed by atoms with Crippen LogP contribution in [0.4, 0.5) is 11.4 Å². The first-order valence-electron chi connectivity index (χ1n) is 6.43. The molecule has 0 aliphatic rings. The normalized spacial score (nSPS) is 10.2. The molecule has 0 spiro atoms. The lowest BCUT2D eigenvalue weighted by molar-refractivity contribution is -0.385. The molecule has 2 rings (SSSR count). The van der Waals surface area contributed by atoms with Gasteiger partial charge in [-0.1, -0.05) is 11.6 Å². The van der Waals surface area contributed by atoms with Gasteiger partial charge in [0, 0.05) is 17.0 Å². The number of hydrogen-bond acceptors (Lipinski definition) is 5. The maximum absolute atomic E-state index is 12.4. The predicted molar refractivity (Wildman–Crippen MR) is 90.8 cm³/mol. The molecule has 0 aliphatic carbocycles. The number of nitro groups is 1. The van der Waals surface area contributed by atoms with Gasteiger partial charge >= 0.3 is 0 Å². The average molecular weight is 353 g/mol. The second kappa shape index (κ2) is 7.34. The van der Waals surface area contributed by atoms with E-state index < -0.39 is 10.8 Å². The Balaban J connectivity index is 2.35. The molecular weight excluding hydrogens is 340 g/mol. The summed E-state index contributed by atoms with van der Waals surface area (Å²) in [5.74, 6) is -0.0528. The van der Waals surface area contributed by atoms with Crippen molar-refractivity contribution in [2.24, 2.45) is 0 Å². The second-order valence-electron chi connectivity index (χ2n) is 4.44. The Bertz CT molecular complexity index is 767. The molecule has 2 aromatic rings. The minimum absolute atomic E-state index is 0.0197. The average Bonchev–Trinajstić information content (AvgIpc) is 2.55. The number of thioether (sulfide) groups is 1. The fourth-order valence-electron chi connectivity index (χ4n) is 1.90. The number of ether oxygens (including phenoxy) is 1. The van der Waals surface area contributed by atoms with E-state index in [9.17, 15) is 14.9 Å². The molecule has 0 radical (unpaired) electrons. The largest absolute Gasteiger partial charge is 0.497 e. The lowest BCUT2D eigenvalue weighted by atomic mass is 10.1. The molecule has 23 heavy (non-hydrogen) atoms. The Hall–Kier alpha value is -2.25. The van der Waals surface area contributed by atoms with Crippen molar-refractivity contribution in [3.05, 3.63) is 57.1 Å². The molecule has 2 aromatic carbocycles. The van der Waals surface area contributed by atoms with E-state index in [4.69, 9.17) is 16.3 Å². The van der Waals surface area contributed by atoms with Gasteiger partial charge in [-0.2, -0.15) is 0 Å². The molecule has 0 heterocycles. The number of benzene rings is 2. The first-order valence-corrected chi connectivity index (χ1v) is 8.04. The highest BCUT2D eigenvalue weighted by Gasteiger charge is 2.21. The molecular formula is C15H13ClN2O4S.